The van der Waals surface area contributed by atoms with Crippen molar-refractivity contribution in [3.05, 3.63) is 48.6 Å². The Morgan fingerprint density at radius 3 is 1.76 bits per heavy atom. The van der Waals surface area contributed by atoms with Crippen LogP contribution in [0.25, 0.3) is 0 Å². The standard InChI is InChI=1S/C16H24Si/c1-15(2,3)16(12-8-9-13-16)17(4,5)14-10-6-7-11-14/h6-14H,1-5H3. The summed E-state index contributed by atoms with van der Waals surface area (Å²) in [5.41, 5.74) is 0.949. The van der Waals surface area contributed by atoms with Crippen molar-refractivity contribution in [2.24, 2.45) is 5.41 Å². The van der Waals surface area contributed by atoms with Crippen molar-refractivity contribution in [2.45, 2.75) is 44.4 Å². The van der Waals surface area contributed by atoms with Crippen LogP contribution in [0.3, 0.4) is 0 Å². The fourth-order valence-corrected chi connectivity index (χ4v) is 8.28. The summed E-state index contributed by atoms with van der Waals surface area (Å²) in [5, 5.41) is 0.268. The molecule has 0 atom stereocenters. The third-order valence-electron chi connectivity index (χ3n) is 4.72. The van der Waals surface area contributed by atoms with Crippen molar-refractivity contribution in [2.75, 3.05) is 0 Å². The lowest BCUT2D eigenvalue weighted by Crippen LogP contribution is -2.49. The molecule has 0 nitrogen and oxygen atoms in total. The van der Waals surface area contributed by atoms with Gasteiger partial charge in [0.15, 0.2) is 0 Å². The summed E-state index contributed by atoms with van der Waals surface area (Å²) in [5.74, 6) is 0. The van der Waals surface area contributed by atoms with E-state index >= 15 is 0 Å². The largest absolute Gasteiger partial charge is 0.0803 e. The van der Waals surface area contributed by atoms with Gasteiger partial charge in [-0.3, -0.25) is 0 Å². The lowest BCUT2D eigenvalue weighted by atomic mass is 9.80. The highest BCUT2D eigenvalue weighted by Gasteiger charge is 2.53. The van der Waals surface area contributed by atoms with E-state index in [4.69, 9.17) is 0 Å². The molecule has 2 rings (SSSR count). The molecule has 0 aromatic carbocycles. The molecule has 2 aliphatic rings. The zero-order chi connectivity index (χ0) is 12.7. The Labute approximate surface area is 107 Å². The second kappa shape index (κ2) is 3.84. The predicted octanol–water partition coefficient (Wildman–Crippen LogP) is 5.10. The Morgan fingerprint density at radius 2 is 1.35 bits per heavy atom. The average molecular weight is 244 g/mol. The van der Waals surface area contributed by atoms with Gasteiger partial charge in [-0.2, -0.15) is 0 Å². The molecule has 17 heavy (non-hydrogen) atoms. The zero-order valence-electron chi connectivity index (χ0n) is 11.7. The number of hydrogen-bond donors (Lipinski definition) is 0. The third kappa shape index (κ3) is 1.72. The van der Waals surface area contributed by atoms with E-state index in [9.17, 15) is 0 Å². The highest BCUT2D eigenvalue weighted by Crippen LogP contribution is 2.60. The number of allylic oxidation sites excluding steroid dienone is 8. The summed E-state index contributed by atoms with van der Waals surface area (Å²) in [7, 11) is -1.47. The highest BCUT2D eigenvalue weighted by molar-refractivity contribution is 6.84. The van der Waals surface area contributed by atoms with Gasteiger partial charge in [-0.1, -0.05) is 82.5 Å². The van der Waals surface area contributed by atoms with Crippen LogP contribution in [-0.2, 0) is 0 Å². The maximum absolute atomic E-state index is 2.53. The molecule has 0 radical (unpaired) electrons. The molecule has 0 aliphatic heterocycles. The van der Waals surface area contributed by atoms with Crippen molar-refractivity contribution in [1.82, 2.24) is 0 Å². The molecule has 92 valence electrons. The topological polar surface area (TPSA) is 0 Å². The minimum Gasteiger partial charge on any atom is -0.0803 e. The molecule has 0 unspecified atom stereocenters. The van der Waals surface area contributed by atoms with Gasteiger partial charge in [0.1, 0.15) is 0 Å². The zero-order valence-corrected chi connectivity index (χ0v) is 12.7. The Kier molecular flexibility index (Phi) is 2.85. The van der Waals surface area contributed by atoms with Crippen molar-refractivity contribution < 1.29 is 0 Å². The third-order valence-corrected chi connectivity index (χ3v) is 9.99. The van der Waals surface area contributed by atoms with E-state index < -0.39 is 8.07 Å². The molecular formula is C16H24Si. The van der Waals surface area contributed by atoms with E-state index in [1.807, 2.05) is 0 Å². The maximum atomic E-state index is 2.53. The normalized spacial score (nSPS) is 22.9. The van der Waals surface area contributed by atoms with Crippen LogP contribution in [0.2, 0.25) is 23.7 Å². The molecule has 0 fully saturated rings. The fourth-order valence-electron chi connectivity index (χ4n) is 3.56. The van der Waals surface area contributed by atoms with Crippen LogP contribution in [0.1, 0.15) is 20.8 Å². The smallest absolute Gasteiger partial charge is 0.0744 e. The summed E-state index contributed by atoms with van der Waals surface area (Å²) in [6.07, 6.45) is 18.6. The average Bonchev–Trinajstić information content (AvgIpc) is 2.89. The Bertz CT molecular complexity index is 389. The summed E-state index contributed by atoms with van der Waals surface area (Å²) >= 11 is 0. The molecule has 0 bridgehead atoms. The van der Waals surface area contributed by atoms with Crippen LogP contribution in [0.4, 0.5) is 0 Å². The van der Waals surface area contributed by atoms with Gasteiger partial charge in [-0.15, -0.1) is 0 Å². The van der Waals surface area contributed by atoms with E-state index in [0.29, 0.717) is 5.54 Å². The summed E-state index contributed by atoms with van der Waals surface area (Å²) in [6.45, 7) is 12.2. The molecule has 1 heteroatoms. The highest BCUT2D eigenvalue weighted by atomic mass is 28.3. The van der Waals surface area contributed by atoms with Crippen LogP contribution in [0.5, 0.6) is 0 Å². The van der Waals surface area contributed by atoms with Crippen LogP contribution in [0.15, 0.2) is 48.6 Å². The van der Waals surface area contributed by atoms with Gasteiger partial charge in [0.25, 0.3) is 0 Å². The second-order valence-corrected chi connectivity index (χ2v) is 11.8. The first-order chi connectivity index (χ1) is 7.81. The van der Waals surface area contributed by atoms with E-state index in [1.165, 1.54) is 0 Å². The molecule has 0 aromatic heterocycles. The molecule has 2 aliphatic carbocycles. The van der Waals surface area contributed by atoms with Crippen LogP contribution in [-0.4, -0.2) is 8.07 Å². The van der Waals surface area contributed by atoms with Gasteiger partial charge >= 0.3 is 0 Å². The Hall–Kier alpha value is -0.823. The maximum Gasteiger partial charge on any atom is 0.0744 e. The quantitative estimate of drug-likeness (QED) is 0.593. The first-order valence-corrected chi connectivity index (χ1v) is 9.61. The SMILES string of the molecule is CC(C)(C)C1([Si](C)(C)C2C=CC=C2)C=CC=C1. The second-order valence-electron chi connectivity index (χ2n) is 6.85. The molecule has 0 heterocycles. The first-order valence-electron chi connectivity index (χ1n) is 6.53. The lowest BCUT2D eigenvalue weighted by molar-refractivity contribution is 0.348. The van der Waals surface area contributed by atoms with Crippen molar-refractivity contribution >= 4 is 8.07 Å². The monoisotopic (exact) mass is 244 g/mol. The van der Waals surface area contributed by atoms with Gasteiger partial charge in [0, 0.05) is 5.04 Å². The summed E-state index contributed by atoms with van der Waals surface area (Å²) < 4.78 is 0. The van der Waals surface area contributed by atoms with Gasteiger partial charge in [0.05, 0.1) is 8.07 Å². The molecule has 0 amide bonds. The van der Waals surface area contributed by atoms with E-state index in [0.717, 1.165) is 0 Å². The predicted molar refractivity (Wildman–Crippen MR) is 79.9 cm³/mol. The Balaban J connectivity index is 2.48. The summed E-state index contributed by atoms with van der Waals surface area (Å²) in [4.78, 5) is 0. The summed E-state index contributed by atoms with van der Waals surface area (Å²) in [6, 6.07) is 0. The minimum absolute atomic E-state index is 0.268. The molecule has 0 saturated carbocycles. The number of hydrogen-bond acceptors (Lipinski definition) is 0. The van der Waals surface area contributed by atoms with E-state index in [1.54, 1.807) is 0 Å². The van der Waals surface area contributed by atoms with Gasteiger partial charge in [-0.05, 0) is 11.0 Å². The van der Waals surface area contributed by atoms with Gasteiger partial charge < -0.3 is 0 Å². The number of rotatable bonds is 2. The lowest BCUT2D eigenvalue weighted by Gasteiger charge is -2.51. The molecule has 0 N–H and O–H groups in total. The van der Waals surface area contributed by atoms with Crippen LogP contribution >= 0.6 is 0 Å². The molecule has 0 spiro atoms. The Morgan fingerprint density at radius 1 is 0.882 bits per heavy atom. The molecular weight excluding hydrogens is 220 g/mol. The molecule has 0 aromatic rings. The minimum atomic E-state index is -1.47. The van der Waals surface area contributed by atoms with Gasteiger partial charge in [-0.25, -0.2) is 0 Å². The van der Waals surface area contributed by atoms with Crippen LogP contribution < -0.4 is 0 Å². The van der Waals surface area contributed by atoms with Crippen LogP contribution in [0, 0.1) is 5.41 Å². The van der Waals surface area contributed by atoms with Crippen molar-refractivity contribution in [3.63, 3.8) is 0 Å². The first kappa shape index (κ1) is 12.6. The van der Waals surface area contributed by atoms with E-state index in [-0.39, 0.29) is 10.5 Å². The van der Waals surface area contributed by atoms with E-state index in [2.05, 4.69) is 82.5 Å². The van der Waals surface area contributed by atoms with Crippen molar-refractivity contribution in [3.8, 4) is 0 Å². The van der Waals surface area contributed by atoms with Crippen molar-refractivity contribution in [1.29, 1.82) is 0 Å². The fraction of sp³-hybridized carbons (Fsp3) is 0.500. The van der Waals surface area contributed by atoms with Gasteiger partial charge in [0.2, 0.25) is 0 Å². The molecule has 0 saturated heterocycles.